The lowest BCUT2D eigenvalue weighted by atomic mass is 10.1. The van der Waals surface area contributed by atoms with Crippen LogP contribution in [0.1, 0.15) is 5.56 Å². The number of sulfonamides is 1. The summed E-state index contributed by atoms with van der Waals surface area (Å²) in [6, 6.07) is 10.5. The quantitative estimate of drug-likeness (QED) is 0.496. The molecule has 0 spiro atoms. The van der Waals surface area contributed by atoms with Crippen LogP contribution in [0.3, 0.4) is 0 Å². The molecule has 0 saturated carbocycles. The van der Waals surface area contributed by atoms with Crippen LogP contribution in [0.2, 0.25) is 0 Å². The Morgan fingerprint density at radius 3 is 2.72 bits per heavy atom. The predicted molar refractivity (Wildman–Crippen MR) is 101 cm³/mol. The van der Waals surface area contributed by atoms with Crippen molar-refractivity contribution in [3.63, 3.8) is 0 Å². The molecular formula is C18H14FN7O2S. The van der Waals surface area contributed by atoms with E-state index >= 15 is 0 Å². The fourth-order valence-electron chi connectivity index (χ4n) is 2.72. The smallest absolute Gasteiger partial charge is 0.240 e. The van der Waals surface area contributed by atoms with Gasteiger partial charge in [-0.25, -0.2) is 17.5 Å². The molecule has 3 aromatic heterocycles. The highest BCUT2D eigenvalue weighted by Gasteiger charge is 2.19. The Morgan fingerprint density at radius 2 is 1.97 bits per heavy atom. The Hall–Kier alpha value is -3.57. The number of H-pyrrole nitrogens is 1. The average Bonchev–Trinajstić information content (AvgIpc) is 3.28. The second-order valence-corrected chi connectivity index (χ2v) is 7.72. The monoisotopic (exact) mass is 411 g/mol. The molecule has 1 aromatic carbocycles. The molecule has 0 aliphatic heterocycles. The summed E-state index contributed by atoms with van der Waals surface area (Å²) in [5.74, 6) is -0.692. The third-order valence-electron chi connectivity index (χ3n) is 4.11. The molecule has 4 aromatic rings. The highest BCUT2D eigenvalue weighted by Crippen LogP contribution is 2.23. The van der Waals surface area contributed by atoms with E-state index in [1.165, 1.54) is 6.07 Å². The van der Waals surface area contributed by atoms with Gasteiger partial charge in [0.05, 0.1) is 16.2 Å². The van der Waals surface area contributed by atoms with Gasteiger partial charge < -0.3 is 0 Å². The SMILES string of the molecule is O=S(=O)(NCc1cccnc1-c1cccnc1)c1ccc(F)c(-c2nn[nH]n2)c1. The molecule has 0 radical (unpaired) electrons. The molecule has 2 N–H and O–H groups in total. The molecular weight excluding hydrogens is 397 g/mol. The lowest BCUT2D eigenvalue weighted by molar-refractivity contribution is 0.580. The normalized spacial score (nSPS) is 11.5. The minimum atomic E-state index is -3.93. The fourth-order valence-corrected chi connectivity index (χ4v) is 3.75. The van der Waals surface area contributed by atoms with Gasteiger partial charge in [0, 0.05) is 30.7 Å². The summed E-state index contributed by atoms with van der Waals surface area (Å²) in [6.07, 6.45) is 4.92. The number of aromatic amines is 1. The van der Waals surface area contributed by atoms with Crippen molar-refractivity contribution in [1.29, 1.82) is 0 Å². The minimum absolute atomic E-state index is 0.00464. The van der Waals surface area contributed by atoms with Crippen LogP contribution in [0.4, 0.5) is 4.39 Å². The second kappa shape index (κ2) is 7.81. The average molecular weight is 411 g/mol. The van der Waals surface area contributed by atoms with Crippen LogP contribution in [-0.2, 0) is 16.6 Å². The first-order chi connectivity index (χ1) is 14.0. The predicted octanol–water partition coefficient (Wildman–Crippen LogP) is 1.94. The van der Waals surface area contributed by atoms with Gasteiger partial charge in [-0.1, -0.05) is 6.07 Å². The van der Waals surface area contributed by atoms with Crippen molar-refractivity contribution in [1.82, 2.24) is 35.3 Å². The Morgan fingerprint density at radius 1 is 1.10 bits per heavy atom. The van der Waals surface area contributed by atoms with Crippen LogP contribution in [-0.4, -0.2) is 39.0 Å². The highest BCUT2D eigenvalue weighted by atomic mass is 32.2. The molecule has 4 rings (SSSR count). The zero-order valence-corrected chi connectivity index (χ0v) is 15.6. The number of halogens is 1. The number of nitrogens with zero attached hydrogens (tertiary/aromatic N) is 5. The molecule has 0 bridgehead atoms. The number of pyridine rings is 2. The van der Waals surface area contributed by atoms with E-state index in [0.717, 1.165) is 17.7 Å². The molecule has 0 aliphatic carbocycles. The number of benzene rings is 1. The molecule has 9 nitrogen and oxygen atoms in total. The lowest BCUT2D eigenvalue weighted by Gasteiger charge is -2.11. The first kappa shape index (κ1) is 18.8. The third kappa shape index (κ3) is 4.00. The molecule has 0 aliphatic rings. The van der Waals surface area contributed by atoms with E-state index in [-0.39, 0.29) is 22.8 Å². The summed E-state index contributed by atoms with van der Waals surface area (Å²) in [4.78, 5) is 8.28. The van der Waals surface area contributed by atoms with Crippen LogP contribution in [0.15, 0.2) is 66.0 Å². The van der Waals surface area contributed by atoms with Crippen molar-refractivity contribution in [3.8, 4) is 22.6 Å². The van der Waals surface area contributed by atoms with Gasteiger partial charge in [-0.15, -0.1) is 10.2 Å². The van der Waals surface area contributed by atoms with E-state index in [0.29, 0.717) is 11.3 Å². The van der Waals surface area contributed by atoms with Crippen molar-refractivity contribution < 1.29 is 12.8 Å². The van der Waals surface area contributed by atoms with E-state index in [2.05, 4.69) is 35.3 Å². The highest BCUT2D eigenvalue weighted by molar-refractivity contribution is 7.89. The first-order valence-corrected chi connectivity index (χ1v) is 9.90. The van der Waals surface area contributed by atoms with Gasteiger partial charge in [0.15, 0.2) is 0 Å². The molecule has 3 heterocycles. The van der Waals surface area contributed by atoms with Gasteiger partial charge in [-0.3, -0.25) is 9.97 Å². The second-order valence-electron chi connectivity index (χ2n) is 5.95. The van der Waals surface area contributed by atoms with Crippen molar-refractivity contribution in [2.75, 3.05) is 0 Å². The fraction of sp³-hybridized carbons (Fsp3) is 0.0556. The molecule has 146 valence electrons. The zero-order valence-electron chi connectivity index (χ0n) is 14.8. The van der Waals surface area contributed by atoms with Crippen LogP contribution in [0.5, 0.6) is 0 Å². The van der Waals surface area contributed by atoms with Crippen molar-refractivity contribution >= 4 is 10.0 Å². The lowest BCUT2D eigenvalue weighted by Crippen LogP contribution is -2.23. The number of tetrazole rings is 1. The largest absolute Gasteiger partial charge is 0.264 e. The van der Waals surface area contributed by atoms with E-state index in [9.17, 15) is 12.8 Å². The maximum atomic E-state index is 14.1. The van der Waals surface area contributed by atoms with Crippen LogP contribution in [0.25, 0.3) is 22.6 Å². The van der Waals surface area contributed by atoms with Gasteiger partial charge in [0.1, 0.15) is 5.82 Å². The summed E-state index contributed by atoms with van der Waals surface area (Å²) in [6.45, 7) is -0.00464. The van der Waals surface area contributed by atoms with Crippen molar-refractivity contribution in [2.24, 2.45) is 0 Å². The van der Waals surface area contributed by atoms with E-state index < -0.39 is 15.8 Å². The van der Waals surface area contributed by atoms with E-state index in [1.807, 2.05) is 6.07 Å². The molecule has 0 saturated heterocycles. The molecule has 11 heteroatoms. The topological polar surface area (TPSA) is 126 Å². The first-order valence-electron chi connectivity index (χ1n) is 8.42. The molecule has 0 atom stereocenters. The van der Waals surface area contributed by atoms with E-state index in [4.69, 9.17) is 0 Å². The number of aromatic nitrogens is 6. The number of hydrogen-bond acceptors (Lipinski definition) is 7. The number of rotatable bonds is 6. The van der Waals surface area contributed by atoms with Crippen LogP contribution in [0, 0.1) is 5.82 Å². The Balaban J connectivity index is 1.61. The summed E-state index contributed by atoms with van der Waals surface area (Å²) in [5, 5.41) is 13.0. The zero-order chi connectivity index (χ0) is 20.3. The molecule has 29 heavy (non-hydrogen) atoms. The minimum Gasteiger partial charge on any atom is -0.264 e. The Labute approximate surface area is 165 Å². The molecule has 0 amide bonds. The van der Waals surface area contributed by atoms with Gasteiger partial charge in [-0.2, -0.15) is 5.21 Å². The van der Waals surface area contributed by atoms with Gasteiger partial charge >= 0.3 is 0 Å². The van der Waals surface area contributed by atoms with Crippen molar-refractivity contribution in [3.05, 3.63) is 72.4 Å². The third-order valence-corrected chi connectivity index (χ3v) is 5.51. The summed E-state index contributed by atoms with van der Waals surface area (Å²) < 4.78 is 42.1. The Kier molecular flexibility index (Phi) is 5.06. The maximum absolute atomic E-state index is 14.1. The number of hydrogen-bond donors (Lipinski definition) is 2. The van der Waals surface area contributed by atoms with Gasteiger partial charge in [0.2, 0.25) is 15.8 Å². The Bertz CT molecular complexity index is 1230. The van der Waals surface area contributed by atoms with Gasteiger partial charge in [0.25, 0.3) is 0 Å². The maximum Gasteiger partial charge on any atom is 0.240 e. The van der Waals surface area contributed by atoms with Crippen molar-refractivity contribution in [2.45, 2.75) is 11.4 Å². The summed E-state index contributed by atoms with van der Waals surface area (Å²) in [5.41, 5.74) is 1.99. The van der Waals surface area contributed by atoms with Crippen LogP contribution < -0.4 is 4.72 Å². The summed E-state index contributed by atoms with van der Waals surface area (Å²) >= 11 is 0. The van der Waals surface area contributed by atoms with Gasteiger partial charge in [-0.05, 0) is 47.2 Å². The molecule has 0 fully saturated rings. The standard InChI is InChI=1S/C18H14FN7O2S/c19-16-6-5-14(9-15(16)18-23-25-26-24-18)29(27,28)22-11-13-4-2-8-21-17(13)12-3-1-7-20-10-12/h1-10,22H,11H2,(H,23,24,25,26). The molecule has 0 unspecified atom stereocenters. The van der Waals surface area contributed by atoms with Crippen LogP contribution >= 0.6 is 0 Å². The number of nitrogens with one attached hydrogen (secondary N) is 2. The van der Waals surface area contributed by atoms with E-state index in [1.54, 1.807) is 36.8 Å². The summed E-state index contributed by atoms with van der Waals surface area (Å²) in [7, 11) is -3.93.